The molecule has 1 unspecified atom stereocenters. The van der Waals surface area contributed by atoms with Crippen molar-refractivity contribution in [3.05, 3.63) is 53.1 Å². The first kappa shape index (κ1) is 24.4. The summed E-state index contributed by atoms with van der Waals surface area (Å²) in [5.41, 5.74) is 0.920. The van der Waals surface area contributed by atoms with Crippen LogP contribution in [0.15, 0.2) is 30.5 Å². The van der Waals surface area contributed by atoms with Gasteiger partial charge >= 0.3 is 0 Å². The van der Waals surface area contributed by atoms with Gasteiger partial charge in [-0.3, -0.25) is 9.48 Å². The van der Waals surface area contributed by atoms with Crippen LogP contribution in [0.25, 0.3) is 0 Å². The van der Waals surface area contributed by atoms with Gasteiger partial charge in [-0.25, -0.2) is 12.8 Å². The van der Waals surface area contributed by atoms with E-state index in [0.29, 0.717) is 36.9 Å². The van der Waals surface area contributed by atoms with E-state index in [1.54, 1.807) is 23.0 Å². The van der Waals surface area contributed by atoms with Gasteiger partial charge in [0.25, 0.3) is 0 Å². The Hall–Kier alpha value is -2.26. The third-order valence-electron chi connectivity index (χ3n) is 6.80. The molecule has 7 nitrogen and oxygen atoms in total. The first-order valence-corrected chi connectivity index (χ1v) is 12.8. The van der Waals surface area contributed by atoms with Crippen molar-refractivity contribution >= 4 is 15.9 Å². The number of carbonyl (C=O) groups is 1. The first-order chi connectivity index (χ1) is 15.1. The maximum atomic E-state index is 15.1. The van der Waals surface area contributed by atoms with Crippen molar-refractivity contribution in [1.82, 2.24) is 19.4 Å². The number of amides is 1. The Morgan fingerprint density at radius 2 is 2.00 bits per heavy atom. The summed E-state index contributed by atoms with van der Waals surface area (Å²) >= 11 is 0. The van der Waals surface area contributed by atoms with E-state index in [-0.39, 0.29) is 24.2 Å². The minimum absolute atomic E-state index is 0.00749. The molecule has 9 heteroatoms. The quantitative estimate of drug-likeness (QED) is 0.650. The summed E-state index contributed by atoms with van der Waals surface area (Å²) in [6.45, 7) is 6.03. The highest BCUT2D eigenvalue weighted by molar-refractivity contribution is 7.89. The molecule has 1 saturated heterocycles. The SMILES string of the molecule is CCC(CC)(C(=O)NCc1ccnn1C)c1ccc(CN2C(C)CCCS2(=O)=O)c(F)c1. The van der Waals surface area contributed by atoms with Gasteiger partial charge in [-0.05, 0) is 50.3 Å². The monoisotopic (exact) mass is 464 g/mol. The highest BCUT2D eigenvalue weighted by atomic mass is 32.2. The lowest BCUT2D eigenvalue weighted by molar-refractivity contribution is -0.127. The Balaban J connectivity index is 1.83. The molecule has 1 aromatic carbocycles. The lowest BCUT2D eigenvalue weighted by Gasteiger charge is -2.33. The number of hydrogen-bond acceptors (Lipinski definition) is 4. The Bertz CT molecular complexity index is 1060. The number of carbonyl (C=O) groups excluding carboxylic acids is 1. The topological polar surface area (TPSA) is 84.3 Å². The summed E-state index contributed by atoms with van der Waals surface area (Å²) in [6, 6.07) is 6.46. The van der Waals surface area contributed by atoms with Gasteiger partial charge in [-0.1, -0.05) is 26.0 Å². The van der Waals surface area contributed by atoms with Crippen LogP contribution in [-0.4, -0.2) is 40.2 Å². The summed E-state index contributed by atoms with van der Waals surface area (Å²) in [4.78, 5) is 13.2. The van der Waals surface area contributed by atoms with Crippen molar-refractivity contribution in [2.45, 2.75) is 71.0 Å². The van der Waals surface area contributed by atoms with Crippen LogP contribution >= 0.6 is 0 Å². The molecular formula is C23H33FN4O3S. The zero-order valence-corrected chi connectivity index (χ0v) is 20.1. The molecule has 2 heterocycles. The van der Waals surface area contributed by atoms with Crippen LogP contribution in [0.2, 0.25) is 0 Å². The number of sulfonamides is 1. The largest absolute Gasteiger partial charge is 0.350 e. The van der Waals surface area contributed by atoms with Gasteiger partial charge in [0.15, 0.2) is 0 Å². The highest BCUT2D eigenvalue weighted by Gasteiger charge is 2.38. The number of aromatic nitrogens is 2. The van der Waals surface area contributed by atoms with Gasteiger partial charge in [0.1, 0.15) is 5.82 Å². The lowest BCUT2D eigenvalue weighted by Crippen LogP contribution is -2.44. The molecular weight excluding hydrogens is 431 g/mol. The van der Waals surface area contributed by atoms with Crippen LogP contribution in [0.4, 0.5) is 4.39 Å². The molecule has 1 atom stereocenters. The van der Waals surface area contributed by atoms with Gasteiger partial charge < -0.3 is 5.32 Å². The van der Waals surface area contributed by atoms with E-state index in [1.165, 1.54) is 10.4 Å². The van der Waals surface area contributed by atoms with Gasteiger partial charge in [0.05, 0.1) is 23.4 Å². The van der Waals surface area contributed by atoms with Crippen molar-refractivity contribution in [3.8, 4) is 0 Å². The van der Waals surface area contributed by atoms with Crippen LogP contribution < -0.4 is 5.32 Å². The van der Waals surface area contributed by atoms with Crippen molar-refractivity contribution in [1.29, 1.82) is 0 Å². The van der Waals surface area contributed by atoms with E-state index < -0.39 is 21.3 Å². The molecule has 0 bridgehead atoms. The predicted octanol–water partition coefficient (Wildman–Crippen LogP) is 3.25. The molecule has 1 aliphatic heterocycles. The Kier molecular flexibility index (Phi) is 7.39. The van der Waals surface area contributed by atoms with Crippen molar-refractivity contribution < 1.29 is 17.6 Å². The summed E-state index contributed by atoms with van der Waals surface area (Å²) in [7, 11) is -1.57. The van der Waals surface area contributed by atoms with Crippen molar-refractivity contribution in [3.63, 3.8) is 0 Å². The number of rotatable bonds is 8. The van der Waals surface area contributed by atoms with Crippen molar-refractivity contribution in [2.24, 2.45) is 7.05 Å². The molecule has 1 amide bonds. The van der Waals surface area contributed by atoms with E-state index in [9.17, 15) is 13.2 Å². The van der Waals surface area contributed by atoms with E-state index in [0.717, 1.165) is 12.1 Å². The van der Waals surface area contributed by atoms with E-state index in [4.69, 9.17) is 0 Å². The molecule has 0 aliphatic carbocycles. The number of aryl methyl sites for hydroxylation is 1. The summed E-state index contributed by atoms with van der Waals surface area (Å²) < 4.78 is 43.1. The first-order valence-electron chi connectivity index (χ1n) is 11.2. The fourth-order valence-corrected chi connectivity index (χ4v) is 6.27. The molecule has 1 aromatic heterocycles. The average molecular weight is 465 g/mol. The van der Waals surface area contributed by atoms with Crippen LogP contribution in [-0.2, 0) is 40.4 Å². The summed E-state index contributed by atoms with van der Waals surface area (Å²) in [5, 5.41) is 7.08. The van der Waals surface area contributed by atoms with Gasteiger partial charge in [0.2, 0.25) is 15.9 Å². The van der Waals surface area contributed by atoms with Crippen LogP contribution in [0.1, 0.15) is 63.3 Å². The Morgan fingerprint density at radius 1 is 1.28 bits per heavy atom. The zero-order chi connectivity index (χ0) is 23.5. The normalized spacial score (nSPS) is 19.1. The van der Waals surface area contributed by atoms with Crippen molar-refractivity contribution in [2.75, 3.05) is 5.75 Å². The average Bonchev–Trinajstić information content (AvgIpc) is 3.16. The van der Waals surface area contributed by atoms with Gasteiger partial charge in [0, 0.05) is 31.4 Å². The third-order valence-corrected chi connectivity index (χ3v) is 8.81. The molecule has 176 valence electrons. The molecule has 0 radical (unpaired) electrons. The maximum Gasteiger partial charge on any atom is 0.230 e. The number of nitrogens with zero attached hydrogens (tertiary/aromatic N) is 3. The number of halogens is 1. The smallest absolute Gasteiger partial charge is 0.230 e. The van der Waals surface area contributed by atoms with Gasteiger partial charge in [-0.15, -0.1) is 0 Å². The van der Waals surface area contributed by atoms with Crippen LogP contribution in [0.3, 0.4) is 0 Å². The zero-order valence-electron chi connectivity index (χ0n) is 19.3. The van der Waals surface area contributed by atoms with Crippen LogP contribution in [0, 0.1) is 5.82 Å². The Morgan fingerprint density at radius 3 is 2.56 bits per heavy atom. The second kappa shape index (κ2) is 9.70. The summed E-state index contributed by atoms with van der Waals surface area (Å²) in [6.07, 6.45) is 4.09. The molecule has 1 aliphatic rings. The second-order valence-electron chi connectivity index (χ2n) is 8.58. The minimum atomic E-state index is -3.39. The lowest BCUT2D eigenvalue weighted by atomic mass is 9.74. The fraction of sp³-hybridized carbons (Fsp3) is 0.565. The summed E-state index contributed by atoms with van der Waals surface area (Å²) in [5.74, 6) is -0.549. The predicted molar refractivity (Wildman–Crippen MR) is 122 cm³/mol. The molecule has 3 rings (SSSR count). The standard InChI is InChI=1S/C23H33FN4O3S/c1-5-23(6-2,22(29)25-15-20-11-12-26-27(20)4)19-10-9-18(21(24)14-19)16-28-17(3)8-7-13-32(28,30)31/h9-12,14,17H,5-8,13,15-16H2,1-4H3,(H,25,29). The number of nitrogens with one attached hydrogen (secondary N) is 1. The maximum absolute atomic E-state index is 15.1. The minimum Gasteiger partial charge on any atom is -0.350 e. The number of benzene rings is 1. The number of hydrogen-bond donors (Lipinski definition) is 1. The van der Waals surface area contributed by atoms with Gasteiger partial charge in [-0.2, -0.15) is 9.40 Å². The fourth-order valence-electron chi connectivity index (χ4n) is 4.52. The molecule has 1 fully saturated rings. The molecule has 32 heavy (non-hydrogen) atoms. The molecule has 2 aromatic rings. The highest BCUT2D eigenvalue weighted by Crippen LogP contribution is 2.34. The Labute approximate surface area is 190 Å². The third kappa shape index (κ3) is 4.73. The molecule has 1 N–H and O–H groups in total. The van der Waals surface area contributed by atoms with E-state index in [1.807, 2.05) is 33.9 Å². The molecule has 0 saturated carbocycles. The van der Waals surface area contributed by atoms with Crippen LogP contribution in [0.5, 0.6) is 0 Å². The molecule has 0 spiro atoms. The second-order valence-corrected chi connectivity index (χ2v) is 10.6. The van der Waals surface area contributed by atoms with E-state index in [2.05, 4.69) is 10.4 Å². The van der Waals surface area contributed by atoms with E-state index >= 15 is 4.39 Å².